The second-order valence-corrected chi connectivity index (χ2v) is 2.17. The van der Waals surface area contributed by atoms with Gasteiger partial charge in [0.2, 0.25) is 0 Å². The Morgan fingerprint density at radius 1 is 0.900 bits per heavy atom. The summed E-state index contributed by atoms with van der Waals surface area (Å²) in [5, 5.41) is 22.7. The van der Waals surface area contributed by atoms with E-state index in [1.807, 2.05) is 0 Å². The molecule has 0 spiro atoms. The molecule has 0 bridgehead atoms. The Balaban J connectivity index is -0.0000000202. The Labute approximate surface area is 142 Å². The average molecular weight is 326 g/mol. The van der Waals surface area contributed by atoms with E-state index in [4.69, 9.17) is 21.1 Å². The van der Waals surface area contributed by atoms with Gasteiger partial charge in [0.15, 0.2) is 0 Å². The van der Waals surface area contributed by atoms with Gasteiger partial charge < -0.3 is 28.0 Å². The predicted molar refractivity (Wildman–Crippen MR) is 88.4 cm³/mol. The molecule has 1 radical (unpaired) electrons. The number of rotatable bonds is 1. The van der Waals surface area contributed by atoms with E-state index in [1.165, 1.54) is 12.2 Å². The first-order valence-electron chi connectivity index (χ1n) is 6.11. The van der Waals surface area contributed by atoms with Crippen LogP contribution in [0.4, 0.5) is 0 Å². The Kier molecular flexibility index (Phi) is 276. The minimum atomic E-state index is 0. The molecule has 0 rings (SSSR count). The molecule has 0 aliphatic rings. The van der Waals surface area contributed by atoms with Gasteiger partial charge in [-0.15, -0.1) is 0 Å². The van der Waals surface area contributed by atoms with E-state index in [9.17, 15) is 0 Å². The van der Waals surface area contributed by atoms with E-state index < -0.39 is 0 Å². The maximum absolute atomic E-state index is 7.57. The first-order chi connectivity index (χ1) is 8.99. The molecule has 0 atom stereocenters. The average Bonchev–Trinajstić information content (AvgIpc) is 2.34. The molecular weight excluding hydrogens is 290 g/mol. The van der Waals surface area contributed by atoms with Crippen molar-refractivity contribution in [2.75, 3.05) is 26.4 Å². The summed E-state index contributed by atoms with van der Waals surface area (Å²) in [7, 11) is 0. The van der Waals surface area contributed by atoms with Gasteiger partial charge in [-0.05, 0) is 27.3 Å². The number of hydrogen-bond acceptors (Lipinski definition) is 4. The van der Waals surface area contributed by atoms with E-state index in [2.05, 4.69) is 33.9 Å². The maximum atomic E-state index is 7.57. The second kappa shape index (κ2) is 129. The van der Waals surface area contributed by atoms with Crippen molar-refractivity contribution in [3.63, 3.8) is 0 Å². The summed E-state index contributed by atoms with van der Waals surface area (Å²) in [6, 6.07) is 0. The molecule has 0 aromatic carbocycles. The molecule has 0 heterocycles. The Bertz CT molecular complexity index is 82.4. The van der Waals surface area contributed by atoms with Crippen LogP contribution in [-0.4, -0.2) is 41.7 Å². The quantitative estimate of drug-likeness (QED) is 0.439. The number of aliphatic hydroxyl groups excluding tert-OH is 3. The molecule has 123 valence electrons. The maximum Gasteiger partial charge on any atom is 3.00 e. The van der Waals surface area contributed by atoms with Crippen LogP contribution < -0.4 is 5.73 Å². The van der Waals surface area contributed by atoms with Crippen LogP contribution in [0.15, 0.2) is 25.3 Å². The van der Waals surface area contributed by atoms with E-state index in [0.29, 0.717) is 6.54 Å². The van der Waals surface area contributed by atoms with Gasteiger partial charge >= 0.3 is 21.7 Å². The summed E-state index contributed by atoms with van der Waals surface area (Å²) in [6.45, 7) is 23.0. The zero-order valence-electron chi connectivity index (χ0n) is 13.6. The molecule has 4 nitrogen and oxygen atoms in total. The molecule has 0 aromatic heterocycles. The fraction of sp³-hybridized carbons (Fsp3) is 0.533. The molecule has 20 heavy (non-hydrogen) atoms. The molecular formula is C15H36NO3Ti. The van der Waals surface area contributed by atoms with Gasteiger partial charge in [0.25, 0.3) is 0 Å². The van der Waals surface area contributed by atoms with Gasteiger partial charge in [-0.2, -0.15) is 6.42 Å². The Morgan fingerprint density at radius 2 is 0.950 bits per heavy atom. The standard InChI is InChI=1S/C3H8N.2C3H5.3C2H6O.Ti/c1-2-3-4;2*1-3-2;3*1-2-3;/h1-4H2;2*3H,1-2H2;3*3H,2H2,1H3;/q3*-1;;;;+3. The third kappa shape index (κ3) is 8340. The number of nitrogens with two attached hydrogens (primary N) is 1. The fourth-order valence-corrected chi connectivity index (χ4v) is 0. The number of aliphatic hydroxyl groups is 3. The molecule has 0 unspecified atom stereocenters. The van der Waals surface area contributed by atoms with Crippen LogP contribution in [0.25, 0.3) is 0 Å². The van der Waals surface area contributed by atoms with Crippen molar-refractivity contribution in [3.8, 4) is 0 Å². The van der Waals surface area contributed by atoms with Crippen LogP contribution in [0.1, 0.15) is 27.2 Å². The summed E-state index contributed by atoms with van der Waals surface area (Å²) in [4.78, 5) is 0. The minimum Gasteiger partial charge on any atom is -0.397 e. The summed E-state index contributed by atoms with van der Waals surface area (Å²) in [5.41, 5.74) is 4.97. The molecule has 0 saturated heterocycles. The van der Waals surface area contributed by atoms with Gasteiger partial charge in [0.1, 0.15) is 0 Å². The second-order valence-electron chi connectivity index (χ2n) is 2.17. The Morgan fingerprint density at radius 3 is 0.950 bits per heavy atom. The van der Waals surface area contributed by atoms with E-state index in [1.54, 1.807) is 20.8 Å². The summed E-state index contributed by atoms with van der Waals surface area (Å²) >= 11 is 0. The van der Waals surface area contributed by atoms with Crippen LogP contribution in [0.2, 0.25) is 0 Å². The van der Waals surface area contributed by atoms with Crippen molar-refractivity contribution in [2.45, 2.75) is 27.2 Å². The smallest absolute Gasteiger partial charge is 0.397 e. The van der Waals surface area contributed by atoms with E-state index in [0.717, 1.165) is 6.42 Å². The van der Waals surface area contributed by atoms with Crippen molar-refractivity contribution in [1.82, 2.24) is 0 Å². The fourth-order valence-electron chi connectivity index (χ4n) is 0. The summed E-state index contributed by atoms with van der Waals surface area (Å²) in [6.07, 6.45) is 3.85. The third-order valence-corrected chi connectivity index (χ3v) is 0.204. The van der Waals surface area contributed by atoms with Crippen LogP contribution >= 0.6 is 0 Å². The molecule has 0 fully saturated rings. The van der Waals surface area contributed by atoms with Gasteiger partial charge in [0, 0.05) is 19.8 Å². The van der Waals surface area contributed by atoms with Gasteiger partial charge in [-0.3, -0.25) is 0 Å². The Hall–Kier alpha value is -0.226. The first kappa shape index (κ1) is 42.7. The molecule has 0 aromatic rings. The normalized spacial score (nSPS) is 5.40. The molecule has 0 amide bonds. The zero-order chi connectivity index (χ0) is 16.9. The third-order valence-electron chi connectivity index (χ3n) is 0.204. The van der Waals surface area contributed by atoms with Crippen molar-refractivity contribution in [3.05, 3.63) is 46.1 Å². The number of allylic oxidation sites excluding steroid dienone is 2. The number of hydrogen-bond donors (Lipinski definition) is 4. The monoisotopic (exact) mass is 326 g/mol. The SMILES string of the molecule is C=C[CH2-].C=C[CH2-].CCO.CCO.CCO.[CH2-]CCN.[Ti+3]. The molecule has 0 aliphatic carbocycles. The van der Waals surface area contributed by atoms with Crippen LogP contribution in [0.5, 0.6) is 0 Å². The molecule has 0 saturated carbocycles. The van der Waals surface area contributed by atoms with Crippen molar-refractivity contribution < 1.29 is 37.0 Å². The molecule has 5 heteroatoms. The van der Waals surface area contributed by atoms with Crippen LogP contribution in [0.3, 0.4) is 0 Å². The van der Waals surface area contributed by atoms with E-state index in [-0.39, 0.29) is 41.5 Å². The van der Waals surface area contributed by atoms with E-state index >= 15 is 0 Å². The van der Waals surface area contributed by atoms with Crippen LogP contribution in [-0.2, 0) is 21.7 Å². The van der Waals surface area contributed by atoms with Gasteiger partial charge in [0.05, 0.1) is 0 Å². The van der Waals surface area contributed by atoms with Crippen molar-refractivity contribution >= 4 is 0 Å². The zero-order valence-corrected chi connectivity index (χ0v) is 15.2. The summed E-state index contributed by atoms with van der Waals surface area (Å²) < 4.78 is 0. The van der Waals surface area contributed by atoms with Crippen molar-refractivity contribution in [1.29, 1.82) is 0 Å². The van der Waals surface area contributed by atoms with Gasteiger partial charge in [-0.25, -0.2) is 39.2 Å². The minimum absolute atomic E-state index is 0. The predicted octanol–water partition coefficient (Wildman–Crippen LogP) is 2.18. The van der Waals surface area contributed by atoms with Crippen molar-refractivity contribution in [2.24, 2.45) is 5.73 Å². The van der Waals surface area contributed by atoms with Gasteiger partial charge in [-0.1, -0.05) is 0 Å². The summed E-state index contributed by atoms with van der Waals surface area (Å²) in [5.74, 6) is 0. The largest absolute Gasteiger partial charge is 3.00 e. The molecule has 5 N–H and O–H groups in total. The van der Waals surface area contributed by atoms with Crippen LogP contribution in [0, 0.1) is 20.8 Å². The molecule has 0 aliphatic heterocycles. The topological polar surface area (TPSA) is 86.7 Å². The first-order valence-corrected chi connectivity index (χ1v) is 6.11.